The van der Waals surface area contributed by atoms with Crippen molar-refractivity contribution in [3.8, 4) is 0 Å². The van der Waals surface area contributed by atoms with Crippen LogP contribution in [-0.4, -0.2) is 50.5 Å². The molecule has 1 unspecified atom stereocenters. The number of hydrogen-bond acceptors (Lipinski definition) is 4. The lowest BCUT2D eigenvalue weighted by Gasteiger charge is -2.32. The van der Waals surface area contributed by atoms with Gasteiger partial charge in [-0.05, 0) is 49.1 Å². The molecule has 0 bridgehead atoms. The minimum atomic E-state index is -3.78. The van der Waals surface area contributed by atoms with Crippen LogP contribution in [-0.2, 0) is 26.2 Å². The Balaban J connectivity index is 2.37. The van der Waals surface area contributed by atoms with Gasteiger partial charge in [-0.15, -0.1) is 0 Å². The summed E-state index contributed by atoms with van der Waals surface area (Å²) in [5.74, 6) is -0.514. The Bertz CT molecular complexity index is 1070. The van der Waals surface area contributed by atoms with Crippen LogP contribution in [0.3, 0.4) is 0 Å². The van der Waals surface area contributed by atoms with Crippen LogP contribution in [0.4, 0.5) is 5.69 Å². The Morgan fingerprint density at radius 3 is 2.24 bits per heavy atom. The summed E-state index contributed by atoms with van der Waals surface area (Å²) in [6.45, 7) is 7.56. The highest BCUT2D eigenvalue weighted by molar-refractivity contribution is 7.92. The minimum Gasteiger partial charge on any atom is -0.354 e. The third kappa shape index (κ3) is 7.75. The van der Waals surface area contributed by atoms with Crippen LogP contribution in [0.2, 0.25) is 5.02 Å². The monoisotopic (exact) mass is 493 g/mol. The lowest BCUT2D eigenvalue weighted by molar-refractivity contribution is -0.139. The number of carbonyl (C=O) groups is 2. The Hall–Kier alpha value is -2.58. The third-order valence-electron chi connectivity index (χ3n) is 5.15. The van der Waals surface area contributed by atoms with Gasteiger partial charge in [-0.1, -0.05) is 55.8 Å². The number of aryl methyl sites for hydroxylation is 1. The smallest absolute Gasteiger partial charge is 0.244 e. The van der Waals surface area contributed by atoms with Crippen molar-refractivity contribution in [2.24, 2.45) is 5.92 Å². The number of benzene rings is 2. The van der Waals surface area contributed by atoms with Gasteiger partial charge in [0, 0.05) is 18.1 Å². The number of carbonyl (C=O) groups excluding carboxylic acids is 2. The van der Waals surface area contributed by atoms with E-state index in [0.717, 1.165) is 16.1 Å². The predicted molar refractivity (Wildman–Crippen MR) is 133 cm³/mol. The molecule has 180 valence electrons. The van der Waals surface area contributed by atoms with Gasteiger partial charge < -0.3 is 10.2 Å². The van der Waals surface area contributed by atoms with Gasteiger partial charge in [0.2, 0.25) is 21.8 Å². The van der Waals surface area contributed by atoms with E-state index in [4.69, 9.17) is 11.6 Å². The van der Waals surface area contributed by atoms with Gasteiger partial charge in [-0.25, -0.2) is 8.42 Å². The topological polar surface area (TPSA) is 86.8 Å². The lowest BCUT2D eigenvalue weighted by Crippen LogP contribution is -2.51. The first-order valence-corrected chi connectivity index (χ1v) is 13.0. The molecule has 0 aromatic heterocycles. The lowest BCUT2D eigenvalue weighted by atomic mass is 10.1. The molecule has 0 aliphatic carbocycles. The number of nitrogens with zero attached hydrogens (tertiary/aromatic N) is 2. The van der Waals surface area contributed by atoms with Crippen LogP contribution < -0.4 is 9.62 Å². The first kappa shape index (κ1) is 26.7. The normalized spacial score (nSPS) is 12.3. The van der Waals surface area contributed by atoms with Crippen LogP contribution in [0.5, 0.6) is 0 Å². The van der Waals surface area contributed by atoms with E-state index in [1.807, 2.05) is 44.2 Å². The SMILES string of the molecule is Cc1cc(Cl)ccc1N(CC(=O)N(Cc1ccccc1)C(C)C(=O)NCC(C)C)S(C)(=O)=O. The predicted octanol–water partition coefficient (Wildman–Crippen LogP) is 3.60. The van der Waals surface area contributed by atoms with E-state index in [1.54, 1.807) is 32.0 Å². The highest BCUT2D eigenvalue weighted by Crippen LogP contribution is 2.26. The summed E-state index contributed by atoms with van der Waals surface area (Å²) in [5.41, 5.74) is 1.83. The van der Waals surface area contributed by atoms with Crippen molar-refractivity contribution in [1.82, 2.24) is 10.2 Å². The van der Waals surface area contributed by atoms with Crippen molar-refractivity contribution in [2.45, 2.75) is 40.3 Å². The van der Waals surface area contributed by atoms with Crippen molar-refractivity contribution < 1.29 is 18.0 Å². The molecule has 7 nitrogen and oxygen atoms in total. The minimum absolute atomic E-state index is 0.174. The quantitative estimate of drug-likeness (QED) is 0.547. The summed E-state index contributed by atoms with van der Waals surface area (Å²) in [4.78, 5) is 27.6. The van der Waals surface area contributed by atoms with Gasteiger partial charge in [-0.3, -0.25) is 13.9 Å². The molecule has 0 radical (unpaired) electrons. The fourth-order valence-corrected chi connectivity index (χ4v) is 4.44. The molecule has 1 atom stereocenters. The van der Waals surface area contributed by atoms with E-state index in [0.29, 0.717) is 22.8 Å². The summed E-state index contributed by atoms with van der Waals surface area (Å²) in [6, 6.07) is 13.3. The number of rotatable bonds is 10. The van der Waals surface area contributed by atoms with Gasteiger partial charge >= 0.3 is 0 Å². The molecule has 1 N–H and O–H groups in total. The van der Waals surface area contributed by atoms with E-state index in [-0.39, 0.29) is 18.4 Å². The molecule has 0 heterocycles. The molecule has 0 spiro atoms. The second-order valence-electron chi connectivity index (χ2n) is 8.52. The molecule has 2 rings (SSSR count). The largest absolute Gasteiger partial charge is 0.354 e. The molecule has 2 aromatic carbocycles. The molecule has 33 heavy (non-hydrogen) atoms. The molecular weight excluding hydrogens is 462 g/mol. The molecule has 0 saturated carbocycles. The number of halogens is 1. The van der Waals surface area contributed by atoms with Crippen LogP contribution in [0.25, 0.3) is 0 Å². The number of anilines is 1. The van der Waals surface area contributed by atoms with Gasteiger partial charge in [0.1, 0.15) is 12.6 Å². The summed E-state index contributed by atoms with van der Waals surface area (Å²) in [7, 11) is -3.78. The van der Waals surface area contributed by atoms with Crippen molar-refractivity contribution in [2.75, 3.05) is 23.7 Å². The highest BCUT2D eigenvalue weighted by Gasteiger charge is 2.30. The second-order valence-corrected chi connectivity index (χ2v) is 10.9. The fraction of sp³-hybridized carbons (Fsp3) is 0.417. The van der Waals surface area contributed by atoms with Crippen LogP contribution in [0.15, 0.2) is 48.5 Å². The number of hydrogen-bond donors (Lipinski definition) is 1. The van der Waals surface area contributed by atoms with Crippen molar-refractivity contribution in [3.63, 3.8) is 0 Å². The van der Waals surface area contributed by atoms with E-state index in [1.165, 1.54) is 4.90 Å². The third-order valence-corrected chi connectivity index (χ3v) is 6.52. The molecule has 9 heteroatoms. The van der Waals surface area contributed by atoms with Crippen LogP contribution in [0.1, 0.15) is 31.9 Å². The van der Waals surface area contributed by atoms with Crippen LogP contribution >= 0.6 is 11.6 Å². The second kappa shape index (κ2) is 11.5. The van der Waals surface area contributed by atoms with E-state index < -0.39 is 28.5 Å². The van der Waals surface area contributed by atoms with E-state index >= 15 is 0 Å². The average molecular weight is 494 g/mol. The van der Waals surface area contributed by atoms with Crippen molar-refractivity contribution in [1.29, 1.82) is 0 Å². The van der Waals surface area contributed by atoms with Gasteiger partial charge in [-0.2, -0.15) is 0 Å². The maximum Gasteiger partial charge on any atom is 0.244 e. The Morgan fingerprint density at radius 1 is 1.06 bits per heavy atom. The van der Waals surface area contributed by atoms with E-state index in [9.17, 15) is 18.0 Å². The zero-order chi connectivity index (χ0) is 24.8. The Morgan fingerprint density at radius 2 is 1.70 bits per heavy atom. The Labute approximate surface area is 201 Å². The van der Waals surface area contributed by atoms with Crippen LogP contribution in [0, 0.1) is 12.8 Å². The summed E-state index contributed by atoms with van der Waals surface area (Å²) in [6.07, 6.45) is 1.05. The number of sulfonamides is 1. The maximum absolute atomic E-state index is 13.5. The molecule has 0 saturated heterocycles. The molecular formula is C24H32ClN3O4S. The standard InChI is InChI=1S/C24H32ClN3O4S/c1-17(2)14-26-24(30)19(4)27(15-20-9-7-6-8-10-20)23(29)16-28(33(5,31)32)22-12-11-21(25)13-18(22)3/h6-13,17,19H,14-16H2,1-5H3,(H,26,30). The van der Waals surface area contributed by atoms with E-state index in [2.05, 4.69) is 5.32 Å². The zero-order valence-electron chi connectivity index (χ0n) is 19.7. The summed E-state index contributed by atoms with van der Waals surface area (Å²) < 4.78 is 26.3. The molecule has 0 aliphatic heterocycles. The summed E-state index contributed by atoms with van der Waals surface area (Å²) in [5, 5.41) is 3.32. The fourth-order valence-electron chi connectivity index (χ4n) is 3.31. The first-order valence-electron chi connectivity index (χ1n) is 10.7. The highest BCUT2D eigenvalue weighted by atomic mass is 35.5. The van der Waals surface area contributed by atoms with Gasteiger partial charge in [0.25, 0.3) is 0 Å². The van der Waals surface area contributed by atoms with Crippen molar-refractivity contribution >= 4 is 39.1 Å². The molecule has 2 aromatic rings. The van der Waals surface area contributed by atoms with Gasteiger partial charge in [0.15, 0.2) is 0 Å². The first-order chi connectivity index (χ1) is 15.4. The molecule has 0 fully saturated rings. The van der Waals surface area contributed by atoms with Crippen molar-refractivity contribution in [3.05, 3.63) is 64.7 Å². The van der Waals surface area contributed by atoms with Gasteiger partial charge in [0.05, 0.1) is 11.9 Å². The molecule has 0 aliphatic rings. The Kier molecular flexibility index (Phi) is 9.31. The number of amides is 2. The number of nitrogens with one attached hydrogen (secondary N) is 1. The average Bonchev–Trinajstić information content (AvgIpc) is 2.74. The maximum atomic E-state index is 13.5. The summed E-state index contributed by atoms with van der Waals surface area (Å²) >= 11 is 6.02. The molecule has 2 amide bonds. The zero-order valence-corrected chi connectivity index (χ0v) is 21.3.